The Morgan fingerprint density at radius 2 is 1.95 bits per heavy atom. The third kappa shape index (κ3) is 4.27. The number of amides is 1. The molecular weight excluding hydrogens is 276 g/mol. The monoisotopic (exact) mass is 294 g/mol. The SMILES string of the molecule is CCOC(=O)C(NC(=O)c1ccccc1[N+](=O)[O-])C(C)C. The van der Waals surface area contributed by atoms with E-state index >= 15 is 0 Å². The van der Waals surface area contributed by atoms with E-state index in [2.05, 4.69) is 5.32 Å². The van der Waals surface area contributed by atoms with E-state index < -0.39 is 22.8 Å². The summed E-state index contributed by atoms with van der Waals surface area (Å²) >= 11 is 0. The molecule has 0 heterocycles. The number of nitrogens with one attached hydrogen (secondary N) is 1. The molecule has 7 heteroatoms. The molecule has 1 aromatic rings. The van der Waals surface area contributed by atoms with Crippen molar-refractivity contribution in [2.75, 3.05) is 6.61 Å². The van der Waals surface area contributed by atoms with Crippen LogP contribution in [0.5, 0.6) is 0 Å². The zero-order valence-electron chi connectivity index (χ0n) is 12.2. The van der Waals surface area contributed by atoms with Crippen molar-refractivity contribution >= 4 is 17.6 Å². The van der Waals surface area contributed by atoms with E-state index in [1.807, 2.05) is 0 Å². The zero-order chi connectivity index (χ0) is 16.0. The number of carbonyl (C=O) groups excluding carboxylic acids is 2. The highest BCUT2D eigenvalue weighted by molar-refractivity contribution is 6.00. The maximum atomic E-state index is 12.2. The molecule has 0 bridgehead atoms. The largest absolute Gasteiger partial charge is 0.464 e. The fourth-order valence-corrected chi connectivity index (χ4v) is 1.77. The summed E-state index contributed by atoms with van der Waals surface area (Å²) < 4.78 is 4.89. The lowest BCUT2D eigenvalue weighted by molar-refractivity contribution is -0.385. The van der Waals surface area contributed by atoms with Gasteiger partial charge in [0, 0.05) is 6.07 Å². The lowest BCUT2D eigenvalue weighted by Gasteiger charge is -2.20. The van der Waals surface area contributed by atoms with Gasteiger partial charge in [0.05, 0.1) is 11.5 Å². The molecule has 1 aromatic carbocycles. The van der Waals surface area contributed by atoms with Crippen molar-refractivity contribution in [2.24, 2.45) is 5.92 Å². The van der Waals surface area contributed by atoms with Gasteiger partial charge in [-0.3, -0.25) is 14.9 Å². The number of carbonyl (C=O) groups is 2. The molecule has 1 atom stereocenters. The number of benzene rings is 1. The number of hydrogen-bond donors (Lipinski definition) is 1. The van der Waals surface area contributed by atoms with Gasteiger partial charge in [-0.05, 0) is 18.9 Å². The van der Waals surface area contributed by atoms with Crippen LogP contribution in [0.2, 0.25) is 0 Å². The van der Waals surface area contributed by atoms with E-state index in [1.54, 1.807) is 20.8 Å². The highest BCUT2D eigenvalue weighted by atomic mass is 16.6. The molecule has 7 nitrogen and oxygen atoms in total. The Labute approximate surface area is 122 Å². The van der Waals surface area contributed by atoms with Crippen LogP contribution in [0.25, 0.3) is 0 Å². The minimum atomic E-state index is -0.850. The van der Waals surface area contributed by atoms with Crippen LogP contribution in [-0.4, -0.2) is 29.4 Å². The Bertz CT molecular complexity index is 542. The van der Waals surface area contributed by atoms with Gasteiger partial charge < -0.3 is 10.1 Å². The van der Waals surface area contributed by atoms with E-state index in [9.17, 15) is 19.7 Å². The van der Waals surface area contributed by atoms with E-state index in [0.29, 0.717) is 0 Å². The fourth-order valence-electron chi connectivity index (χ4n) is 1.77. The number of esters is 1. The predicted octanol–water partition coefficient (Wildman–Crippen LogP) is 1.91. The van der Waals surface area contributed by atoms with Crippen LogP contribution in [0.15, 0.2) is 24.3 Å². The molecule has 1 rings (SSSR count). The standard InChI is InChI=1S/C14H18N2O5/c1-4-21-14(18)12(9(2)3)15-13(17)10-7-5-6-8-11(10)16(19)20/h5-9,12H,4H2,1-3H3,(H,15,17). The number of nitro groups is 1. The van der Waals surface area contributed by atoms with Gasteiger partial charge in [0.1, 0.15) is 11.6 Å². The summed E-state index contributed by atoms with van der Waals surface area (Å²) in [6.07, 6.45) is 0. The number of ether oxygens (including phenoxy) is 1. The topological polar surface area (TPSA) is 98.5 Å². The Morgan fingerprint density at radius 3 is 2.48 bits per heavy atom. The number of para-hydroxylation sites is 1. The molecule has 114 valence electrons. The van der Waals surface area contributed by atoms with Gasteiger partial charge in [-0.1, -0.05) is 26.0 Å². The second-order valence-corrected chi connectivity index (χ2v) is 4.72. The summed E-state index contributed by atoms with van der Waals surface area (Å²) in [6.45, 7) is 5.37. The van der Waals surface area contributed by atoms with E-state index in [-0.39, 0.29) is 23.8 Å². The number of nitro benzene ring substituents is 1. The molecule has 0 aromatic heterocycles. The van der Waals surface area contributed by atoms with Crippen LogP contribution in [-0.2, 0) is 9.53 Å². The second kappa shape index (κ2) is 7.37. The molecule has 0 aliphatic heterocycles. The predicted molar refractivity (Wildman–Crippen MR) is 75.8 cm³/mol. The summed E-state index contributed by atoms with van der Waals surface area (Å²) in [5.74, 6) is -1.43. The van der Waals surface area contributed by atoms with Crippen LogP contribution in [0.3, 0.4) is 0 Å². The van der Waals surface area contributed by atoms with Crippen molar-refractivity contribution in [1.82, 2.24) is 5.32 Å². The van der Waals surface area contributed by atoms with Crippen LogP contribution in [0.4, 0.5) is 5.69 Å². The van der Waals surface area contributed by atoms with Gasteiger partial charge in [0.15, 0.2) is 0 Å². The molecule has 1 N–H and O–H groups in total. The first-order valence-electron chi connectivity index (χ1n) is 6.59. The van der Waals surface area contributed by atoms with Crippen LogP contribution in [0.1, 0.15) is 31.1 Å². The Morgan fingerprint density at radius 1 is 1.33 bits per heavy atom. The Hall–Kier alpha value is -2.44. The smallest absolute Gasteiger partial charge is 0.328 e. The van der Waals surface area contributed by atoms with Gasteiger partial charge in [0.25, 0.3) is 11.6 Å². The molecule has 0 saturated heterocycles. The highest BCUT2D eigenvalue weighted by Gasteiger charge is 2.28. The molecule has 0 aliphatic rings. The van der Waals surface area contributed by atoms with Gasteiger partial charge in [0.2, 0.25) is 0 Å². The first-order chi connectivity index (χ1) is 9.88. The summed E-state index contributed by atoms with van der Waals surface area (Å²) in [5.41, 5.74) is -0.390. The van der Waals surface area contributed by atoms with Gasteiger partial charge >= 0.3 is 5.97 Å². The molecule has 0 fully saturated rings. The summed E-state index contributed by atoms with van der Waals surface area (Å²) in [6, 6.07) is 4.73. The molecule has 1 unspecified atom stereocenters. The third-order valence-corrected chi connectivity index (χ3v) is 2.84. The second-order valence-electron chi connectivity index (χ2n) is 4.72. The van der Waals surface area contributed by atoms with Crippen molar-refractivity contribution in [1.29, 1.82) is 0 Å². The number of rotatable bonds is 6. The van der Waals surface area contributed by atoms with Crippen molar-refractivity contribution in [3.63, 3.8) is 0 Å². The first-order valence-corrected chi connectivity index (χ1v) is 6.59. The number of nitrogens with zero attached hydrogens (tertiary/aromatic N) is 1. The minimum Gasteiger partial charge on any atom is -0.464 e. The minimum absolute atomic E-state index is 0.0857. The lowest BCUT2D eigenvalue weighted by Crippen LogP contribution is -2.45. The highest BCUT2D eigenvalue weighted by Crippen LogP contribution is 2.18. The molecule has 0 aliphatic carbocycles. The van der Waals surface area contributed by atoms with Gasteiger partial charge in [-0.15, -0.1) is 0 Å². The summed E-state index contributed by atoms with van der Waals surface area (Å²) in [5, 5.41) is 13.4. The Kier molecular flexibility index (Phi) is 5.83. The van der Waals surface area contributed by atoms with E-state index in [4.69, 9.17) is 4.74 Å². The average molecular weight is 294 g/mol. The van der Waals surface area contributed by atoms with Crippen molar-refractivity contribution in [2.45, 2.75) is 26.8 Å². The third-order valence-electron chi connectivity index (χ3n) is 2.84. The van der Waals surface area contributed by atoms with Gasteiger partial charge in [-0.25, -0.2) is 4.79 Å². The molecule has 0 radical (unpaired) electrons. The van der Waals surface area contributed by atoms with Crippen LogP contribution >= 0.6 is 0 Å². The maximum Gasteiger partial charge on any atom is 0.328 e. The lowest BCUT2D eigenvalue weighted by atomic mass is 10.0. The molecule has 21 heavy (non-hydrogen) atoms. The molecule has 0 spiro atoms. The van der Waals surface area contributed by atoms with E-state index in [0.717, 1.165) is 0 Å². The van der Waals surface area contributed by atoms with Crippen LogP contribution < -0.4 is 5.32 Å². The quantitative estimate of drug-likeness (QED) is 0.491. The van der Waals surface area contributed by atoms with Crippen LogP contribution in [0, 0.1) is 16.0 Å². The van der Waals surface area contributed by atoms with Crippen molar-refractivity contribution < 1.29 is 19.2 Å². The maximum absolute atomic E-state index is 12.2. The van der Waals surface area contributed by atoms with Crippen molar-refractivity contribution in [3.05, 3.63) is 39.9 Å². The summed E-state index contributed by atoms with van der Waals surface area (Å²) in [4.78, 5) is 34.3. The average Bonchev–Trinajstić information content (AvgIpc) is 2.44. The van der Waals surface area contributed by atoms with Gasteiger partial charge in [-0.2, -0.15) is 0 Å². The summed E-state index contributed by atoms with van der Waals surface area (Å²) in [7, 11) is 0. The zero-order valence-corrected chi connectivity index (χ0v) is 12.2. The van der Waals surface area contributed by atoms with E-state index in [1.165, 1.54) is 24.3 Å². The normalized spacial score (nSPS) is 11.8. The molecule has 1 amide bonds. The first kappa shape index (κ1) is 16.6. The van der Waals surface area contributed by atoms with Crippen molar-refractivity contribution in [3.8, 4) is 0 Å². The molecule has 0 saturated carbocycles. The Balaban J connectivity index is 2.98. The fraction of sp³-hybridized carbons (Fsp3) is 0.429. The molecular formula is C14H18N2O5. The number of hydrogen-bond acceptors (Lipinski definition) is 5.